The number of carbonyl (C=O) groups is 1. The minimum atomic E-state index is -3.97. The second kappa shape index (κ2) is 10.5. The summed E-state index contributed by atoms with van der Waals surface area (Å²) in [6.07, 6.45) is 0. The van der Waals surface area contributed by atoms with Gasteiger partial charge in [-0.05, 0) is 60.7 Å². The van der Waals surface area contributed by atoms with Crippen molar-refractivity contribution in [2.45, 2.75) is 11.8 Å². The predicted octanol–water partition coefficient (Wildman–Crippen LogP) is 4.46. The van der Waals surface area contributed by atoms with Crippen molar-refractivity contribution in [3.63, 3.8) is 0 Å². The van der Waals surface area contributed by atoms with Gasteiger partial charge in [0.15, 0.2) is 0 Å². The van der Waals surface area contributed by atoms with Gasteiger partial charge >= 0.3 is 0 Å². The zero-order chi connectivity index (χ0) is 26.6. The largest absolute Gasteiger partial charge is 0.326 e. The lowest BCUT2D eigenvalue weighted by Gasteiger charge is -2.12. The molecule has 0 atom stereocenters. The molecule has 1 heterocycles. The molecule has 4 N–H and O–H groups in total. The molecule has 12 heteroatoms. The van der Waals surface area contributed by atoms with Crippen LogP contribution in [0.5, 0.6) is 0 Å². The van der Waals surface area contributed by atoms with Gasteiger partial charge in [-0.3, -0.25) is 19.3 Å². The van der Waals surface area contributed by atoms with Gasteiger partial charge in [0.05, 0.1) is 10.6 Å². The molecule has 186 valence electrons. The van der Waals surface area contributed by atoms with Crippen molar-refractivity contribution in [2.24, 2.45) is 0 Å². The Morgan fingerprint density at radius 1 is 1.00 bits per heavy atom. The normalized spacial score (nSPS) is 10.8. The lowest BCUT2D eigenvalue weighted by molar-refractivity contribution is -0.114. The van der Waals surface area contributed by atoms with Gasteiger partial charge in [-0.25, -0.2) is 13.4 Å². The van der Waals surface area contributed by atoms with Gasteiger partial charge in [-0.15, -0.1) is 0 Å². The molecule has 4 rings (SSSR count). The van der Waals surface area contributed by atoms with E-state index >= 15 is 0 Å². The molecule has 37 heavy (non-hydrogen) atoms. The van der Waals surface area contributed by atoms with Crippen LogP contribution in [0.1, 0.15) is 12.5 Å². The van der Waals surface area contributed by atoms with Crippen molar-refractivity contribution >= 4 is 50.5 Å². The zero-order valence-electron chi connectivity index (χ0n) is 19.2. The Labute approximate surface area is 217 Å². The number of H-pyrrole nitrogens is 1. The summed E-state index contributed by atoms with van der Waals surface area (Å²) >= 11 is 5.91. The monoisotopic (exact) mass is 534 g/mol. The molecule has 0 saturated heterocycles. The fourth-order valence-electron chi connectivity index (χ4n) is 3.38. The molecule has 0 spiro atoms. The minimum absolute atomic E-state index is 0.0200. The highest BCUT2D eigenvalue weighted by Crippen LogP contribution is 2.26. The molecule has 0 aliphatic rings. The molecule has 0 radical (unpaired) electrons. The standard InChI is InChI=1S/C25H19ClN6O4S/c1-15(33)28-18-9-11-21(12-10-18)37(35,36)32-20-4-2-3-16(13-20)23-22(14-27)24(34)31-25(30-23)29-19-7-5-17(26)6-8-19/h2-13,32H,1H3,(H,28,33)(H2,29,30,31,34). The second-order valence-electron chi connectivity index (χ2n) is 7.77. The van der Waals surface area contributed by atoms with Crippen molar-refractivity contribution in [3.8, 4) is 17.3 Å². The molecule has 0 aliphatic carbocycles. The van der Waals surface area contributed by atoms with Crippen LogP contribution >= 0.6 is 11.6 Å². The number of halogens is 1. The van der Waals surface area contributed by atoms with E-state index in [0.29, 0.717) is 22.0 Å². The summed E-state index contributed by atoms with van der Waals surface area (Å²) in [5.74, 6) is -0.186. The van der Waals surface area contributed by atoms with E-state index in [1.807, 2.05) is 6.07 Å². The minimum Gasteiger partial charge on any atom is -0.326 e. The lowest BCUT2D eigenvalue weighted by atomic mass is 10.1. The highest BCUT2D eigenvalue weighted by molar-refractivity contribution is 7.92. The van der Waals surface area contributed by atoms with Crippen LogP contribution in [0.3, 0.4) is 0 Å². The van der Waals surface area contributed by atoms with Crippen molar-refractivity contribution in [1.29, 1.82) is 5.26 Å². The molecule has 0 bridgehead atoms. The first kappa shape index (κ1) is 25.4. The van der Waals surface area contributed by atoms with Gasteiger partial charge in [0.25, 0.3) is 15.6 Å². The SMILES string of the molecule is CC(=O)Nc1ccc(S(=O)(=O)Nc2cccc(-c3nc(Nc4ccc(Cl)cc4)[nH]c(=O)c3C#N)c2)cc1. The van der Waals surface area contributed by atoms with E-state index in [0.717, 1.165) is 0 Å². The third kappa shape index (κ3) is 6.13. The van der Waals surface area contributed by atoms with Crippen LogP contribution in [0.2, 0.25) is 5.02 Å². The summed E-state index contributed by atoms with van der Waals surface area (Å²) in [5.41, 5.74) is 0.799. The number of hydrogen-bond acceptors (Lipinski definition) is 7. The summed E-state index contributed by atoms with van der Waals surface area (Å²) in [4.78, 5) is 30.7. The number of rotatable bonds is 7. The van der Waals surface area contributed by atoms with Gasteiger partial charge < -0.3 is 10.6 Å². The van der Waals surface area contributed by atoms with E-state index in [1.165, 1.54) is 43.3 Å². The fraction of sp³-hybridized carbons (Fsp3) is 0.0400. The van der Waals surface area contributed by atoms with E-state index in [-0.39, 0.29) is 33.7 Å². The van der Waals surface area contributed by atoms with Gasteiger partial charge in [-0.2, -0.15) is 5.26 Å². The first-order valence-corrected chi connectivity index (χ1v) is 12.6. The number of sulfonamides is 1. The molecule has 1 aromatic heterocycles. The first-order chi connectivity index (χ1) is 17.6. The average Bonchev–Trinajstić information content (AvgIpc) is 2.85. The average molecular weight is 535 g/mol. The maximum absolute atomic E-state index is 12.9. The highest BCUT2D eigenvalue weighted by Gasteiger charge is 2.17. The molecule has 0 saturated carbocycles. The summed E-state index contributed by atoms with van der Waals surface area (Å²) in [5, 5.41) is 15.6. The van der Waals surface area contributed by atoms with Crippen LogP contribution in [-0.4, -0.2) is 24.3 Å². The Morgan fingerprint density at radius 3 is 2.32 bits per heavy atom. The highest BCUT2D eigenvalue weighted by atomic mass is 35.5. The van der Waals surface area contributed by atoms with Crippen LogP contribution < -0.4 is 20.9 Å². The van der Waals surface area contributed by atoms with Crippen LogP contribution in [0.15, 0.2) is 82.5 Å². The quantitative estimate of drug-likeness (QED) is 0.272. The van der Waals surface area contributed by atoms with E-state index in [9.17, 15) is 23.3 Å². The summed E-state index contributed by atoms with van der Waals surface area (Å²) in [6.45, 7) is 1.35. The van der Waals surface area contributed by atoms with Gasteiger partial charge in [0.1, 0.15) is 11.6 Å². The Bertz CT molecular complexity index is 1680. The predicted molar refractivity (Wildman–Crippen MR) is 141 cm³/mol. The number of nitriles is 1. The molecule has 10 nitrogen and oxygen atoms in total. The van der Waals surface area contributed by atoms with Crippen LogP contribution in [-0.2, 0) is 14.8 Å². The maximum Gasteiger partial charge on any atom is 0.270 e. The van der Waals surface area contributed by atoms with Gasteiger partial charge in [-0.1, -0.05) is 23.7 Å². The summed E-state index contributed by atoms with van der Waals surface area (Å²) in [6, 6.07) is 20.4. The van der Waals surface area contributed by atoms with Crippen LogP contribution in [0.4, 0.5) is 23.0 Å². The smallest absolute Gasteiger partial charge is 0.270 e. The molecular formula is C25H19ClN6O4S. The number of nitrogens with one attached hydrogen (secondary N) is 4. The Balaban J connectivity index is 1.65. The number of hydrogen-bond donors (Lipinski definition) is 4. The number of anilines is 4. The number of carbonyl (C=O) groups excluding carboxylic acids is 1. The number of nitrogens with zero attached hydrogens (tertiary/aromatic N) is 2. The number of aromatic nitrogens is 2. The van der Waals surface area contributed by atoms with E-state index in [4.69, 9.17) is 11.6 Å². The van der Waals surface area contributed by atoms with Crippen molar-refractivity contribution in [1.82, 2.24) is 9.97 Å². The third-order valence-electron chi connectivity index (χ3n) is 5.01. The van der Waals surface area contributed by atoms with E-state index in [2.05, 4.69) is 25.3 Å². The number of amides is 1. The van der Waals surface area contributed by atoms with Gasteiger partial charge in [0, 0.05) is 34.6 Å². The fourth-order valence-corrected chi connectivity index (χ4v) is 4.56. The van der Waals surface area contributed by atoms with Gasteiger partial charge in [0.2, 0.25) is 11.9 Å². The van der Waals surface area contributed by atoms with E-state index in [1.54, 1.807) is 36.4 Å². The molecule has 0 unspecified atom stereocenters. The van der Waals surface area contributed by atoms with Crippen LogP contribution in [0.25, 0.3) is 11.3 Å². The van der Waals surface area contributed by atoms with Crippen LogP contribution in [0, 0.1) is 11.3 Å². The first-order valence-electron chi connectivity index (χ1n) is 10.7. The summed E-state index contributed by atoms with van der Waals surface area (Å²) in [7, 11) is -3.97. The molecule has 3 aromatic carbocycles. The number of benzene rings is 3. The lowest BCUT2D eigenvalue weighted by Crippen LogP contribution is -2.16. The van der Waals surface area contributed by atoms with Crippen molar-refractivity contribution < 1.29 is 13.2 Å². The second-order valence-corrected chi connectivity index (χ2v) is 9.89. The number of aromatic amines is 1. The molecule has 0 aliphatic heterocycles. The van der Waals surface area contributed by atoms with E-state index < -0.39 is 15.6 Å². The molecule has 1 amide bonds. The van der Waals surface area contributed by atoms with Crippen molar-refractivity contribution in [3.05, 3.63) is 93.7 Å². The Morgan fingerprint density at radius 2 is 1.68 bits per heavy atom. The Kier molecular flexibility index (Phi) is 7.24. The molecule has 4 aromatic rings. The third-order valence-corrected chi connectivity index (χ3v) is 6.66. The summed E-state index contributed by atoms with van der Waals surface area (Å²) < 4.78 is 28.3. The maximum atomic E-state index is 12.9. The zero-order valence-corrected chi connectivity index (χ0v) is 20.8. The molecule has 0 fully saturated rings. The molecular weight excluding hydrogens is 516 g/mol. The Hall–Kier alpha value is -4.66. The topological polar surface area (TPSA) is 157 Å². The van der Waals surface area contributed by atoms with Crippen molar-refractivity contribution in [2.75, 3.05) is 15.4 Å².